The molecule has 0 saturated carbocycles. The molecule has 0 unspecified atom stereocenters. The first-order valence-electron chi connectivity index (χ1n) is 10.4. The average molecular weight is 410 g/mol. The Morgan fingerprint density at radius 2 is 1.13 bits per heavy atom. The van der Waals surface area contributed by atoms with Gasteiger partial charge < -0.3 is 4.74 Å². The normalized spacial score (nSPS) is 11.1. The molecule has 0 saturated heterocycles. The van der Waals surface area contributed by atoms with Gasteiger partial charge in [0.25, 0.3) is 0 Å². The summed E-state index contributed by atoms with van der Waals surface area (Å²) in [5, 5.41) is 4.19. The Hall–Kier alpha value is -3.02. The minimum atomic E-state index is -1.87. The zero-order valence-corrected chi connectivity index (χ0v) is 18.2. The third kappa shape index (κ3) is 4.27. The van der Waals surface area contributed by atoms with Crippen molar-refractivity contribution in [3.8, 4) is 5.75 Å². The summed E-state index contributed by atoms with van der Waals surface area (Å²) in [7, 11) is 1.72. The highest BCUT2D eigenvalue weighted by Gasteiger charge is 2.24. The third-order valence-electron chi connectivity index (χ3n) is 5.46. The van der Waals surface area contributed by atoms with E-state index >= 15 is 0 Å². The maximum atomic E-state index is 5.41. The first-order valence-corrected chi connectivity index (χ1v) is 12.2. The van der Waals surface area contributed by atoms with Crippen molar-refractivity contribution in [2.24, 2.45) is 0 Å². The van der Waals surface area contributed by atoms with Crippen LogP contribution in [0.1, 0.15) is 12.0 Å². The summed E-state index contributed by atoms with van der Waals surface area (Å²) in [5.74, 6) is 3.51. The van der Waals surface area contributed by atoms with E-state index in [0.717, 1.165) is 18.6 Å². The summed E-state index contributed by atoms with van der Waals surface area (Å²) in [5.41, 5.74) is 1.30. The van der Waals surface area contributed by atoms with Gasteiger partial charge in [0, 0.05) is 0 Å². The van der Waals surface area contributed by atoms with Gasteiger partial charge in [0.15, 0.2) is 0 Å². The fourth-order valence-electron chi connectivity index (χ4n) is 4.01. The molecule has 0 N–H and O–H groups in total. The SMILES string of the molecule is COc1cccc(CCC=P(c2ccccc2)(c2ccccc2)c2ccccc2)c1. The van der Waals surface area contributed by atoms with Crippen LogP contribution in [0.4, 0.5) is 0 Å². The predicted molar refractivity (Wildman–Crippen MR) is 133 cm³/mol. The van der Waals surface area contributed by atoms with Crippen LogP contribution in [-0.4, -0.2) is 12.9 Å². The molecule has 0 aliphatic rings. The van der Waals surface area contributed by atoms with E-state index in [-0.39, 0.29) is 0 Å². The van der Waals surface area contributed by atoms with Crippen molar-refractivity contribution < 1.29 is 4.74 Å². The topological polar surface area (TPSA) is 9.23 Å². The van der Waals surface area contributed by atoms with Crippen LogP contribution in [0.3, 0.4) is 0 Å². The highest BCUT2D eigenvalue weighted by molar-refractivity contribution is 7.94. The van der Waals surface area contributed by atoms with Crippen LogP contribution < -0.4 is 20.7 Å². The molecule has 0 aromatic heterocycles. The number of ether oxygens (including phenoxy) is 1. The van der Waals surface area contributed by atoms with Crippen molar-refractivity contribution in [2.45, 2.75) is 12.8 Å². The van der Waals surface area contributed by atoms with Crippen molar-refractivity contribution in [1.29, 1.82) is 0 Å². The summed E-state index contributed by atoms with van der Waals surface area (Å²) in [6.45, 7) is -1.87. The Morgan fingerprint density at radius 1 is 0.633 bits per heavy atom. The fraction of sp³-hybridized carbons (Fsp3) is 0.107. The molecular formula is C28H27OP. The lowest BCUT2D eigenvalue weighted by molar-refractivity contribution is 0.414. The maximum Gasteiger partial charge on any atom is 0.119 e. The Bertz CT molecular complexity index is 1020. The van der Waals surface area contributed by atoms with E-state index in [0.29, 0.717) is 0 Å². The van der Waals surface area contributed by atoms with Gasteiger partial charge in [-0.05, 0) is 53.3 Å². The van der Waals surface area contributed by atoms with Gasteiger partial charge in [0.05, 0.1) is 7.11 Å². The monoisotopic (exact) mass is 410 g/mol. The highest BCUT2D eigenvalue weighted by atomic mass is 31.2. The van der Waals surface area contributed by atoms with Gasteiger partial charge in [-0.1, -0.05) is 109 Å². The van der Waals surface area contributed by atoms with Crippen LogP contribution in [0.5, 0.6) is 5.75 Å². The van der Waals surface area contributed by atoms with E-state index in [1.807, 2.05) is 6.07 Å². The molecule has 0 spiro atoms. The number of benzene rings is 4. The molecule has 0 aliphatic heterocycles. The molecule has 2 heteroatoms. The molecule has 0 fully saturated rings. The van der Waals surface area contributed by atoms with Crippen LogP contribution in [0, 0.1) is 0 Å². The van der Waals surface area contributed by atoms with Gasteiger partial charge in [-0.3, -0.25) is 0 Å². The average Bonchev–Trinajstić information content (AvgIpc) is 2.84. The third-order valence-corrected chi connectivity index (χ3v) is 9.60. The van der Waals surface area contributed by atoms with Crippen molar-refractivity contribution in [2.75, 3.05) is 7.11 Å². The van der Waals surface area contributed by atoms with Crippen LogP contribution in [-0.2, 0) is 6.42 Å². The second-order valence-electron chi connectivity index (χ2n) is 7.30. The van der Waals surface area contributed by atoms with Crippen molar-refractivity contribution in [3.05, 3.63) is 121 Å². The van der Waals surface area contributed by atoms with Crippen LogP contribution in [0.2, 0.25) is 0 Å². The van der Waals surface area contributed by atoms with Gasteiger partial charge in [-0.2, -0.15) is 0 Å². The lowest BCUT2D eigenvalue weighted by atomic mass is 10.1. The first-order chi connectivity index (χ1) is 14.8. The first kappa shape index (κ1) is 20.3. The minimum Gasteiger partial charge on any atom is -0.497 e. The second-order valence-corrected chi connectivity index (χ2v) is 10.7. The highest BCUT2D eigenvalue weighted by Crippen LogP contribution is 2.44. The molecule has 150 valence electrons. The number of hydrogen-bond donors (Lipinski definition) is 0. The Kier molecular flexibility index (Phi) is 6.52. The molecule has 0 heterocycles. The van der Waals surface area contributed by atoms with Gasteiger partial charge in [-0.25, -0.2) is 0 Å². The summed E-state index contributed by atoms with van der Waals surface area (Å²) in [6.07, 6.45) is 1.99. The van der Waals surface area contributed by atoms with Crippen LogP contribution in [0.15, 0.2) is 115 Å². The summed E-state index contributed by atoms with van der Waals surface area (Å²) >= 11 is 0. The number of methoxy groups -OCH3 is 1. The second kappa shape index (κ2) is 9.65. The minimum absolute atomic E-state index is 0.919. The smallest absolute Gasteiger partial charge is 0.119 e. The maximum absolute atomic E-state index is 5.41. The van der Waals surface area contributed by atoms with Gasteiger partial charge >= 0.3 is 0 Å². The molecule has 0 atom stereocenters. The zero-order valence-electron chi connectivity index (χ0n) is 17.3. The molecule has 0 amide bonds. The van der Waals surface area contributed by atoms with Crippen LogP contribution >= 0.6 is 6.89 Å². The van der Waals surface area contributed by atoms with Crippen molar-refractivity contribution >= 4 is 28.6 Å². The molecule has 0 radical (unpaired) electrons. The predicted octanol–water partition coefficient (Wildman–Crippen LogP) is 5.42. The number of rotatable bonds is 7. The van der Waals surface area contributed by atoms with Gasteiger partial charge in [0.1, 0.15) is 5.75 Å². The lowest BCUT2D eigenvalue weighted by Crippen LogP contribution is -2.27. The van der Waals surface area contributed by atoms with E-state index in [9.17, 15) is 0 Å². The standard InChI is InChI=1S/C28H27OP/c1-29-25-15-11-13-24(23-25)14-12-22-30(26-16-5-2-6-17-26,27-18-7-3-8-19-27)28-20-9-4-10-21-28/h2-11,13,15-23H,12,14H2,1H3. The van der Waals surface area contributed by atoms with E-state index in [1.165, 1.54) is 21.5 Å². The fourth-order valence-corrected chi connectivity index (χ4v) is 7.98. The summed E-state index contributed by atoms with van der Waals surface area (Å²) < 4.78 is 5.41. The van der Waals surface area contributed by atoms with Gasteiger partial charge in [-0.15, -0.1) is 0 Å². The van der Waals surface area contributed by atoms with E-state index < -0.39 is 6.89 Å². The molecule has 4 aromatic rings. The van der Waals surface area contributed by atoms with Crippen molar-refractivity contribution in [1.82, 2.24) is 0 Å². The number of aryl methyl sites for hydroxylation is 1. The van der Waals surface area contributed by atoms with E-state index in [4.69, 9.17) is 4.74 Å². The van der Waals surface area contributed by atoms with Gasteiger partial charge in [0.2, 0.25) is 0 Å². The Labute approximate surface area is 180 Å². The number of hydrogen-bond acceptors (Lipinski definition) is 1. The molecule has 0 bridgehead atoms. The molecule has 1 nitrogen and oxygen atoms in total. The Balaban J connectivity index is 1.85. The molecule has 4 aromatic carbocycles. The molecule has 4 rings (SSSR count). The molecular weight excluding hydrogens is 383 g/mol. The van der Waals surface area contributed by atoms with Crippen molar-refractivity contribution in [3.63, 3.8) is 0 Å². The summed E-state index contributed by atoms with van der Waals surface area (Å²) in [4.78, 5) is 0. The van der Waals surface area contributed by atoms with E-state index in [2.05, 4.69) is 115 Å². The van der Waals surface area contributed by atoms with Crippen LogP contribution in [0.25, 0.3) is 0 Å². The molecule has 30 heavy (non-hydrogen) atoms. The van der Waals surface area contributed by atoms with E-state index in [1.54, 1.807) is 7.11 Å². The summed E-state index contributed by atoms with van der Waals surface area (Å²) in [6, 6.07) is 41.4. The quantitative estimate of drug-likeness (QED) is 0.370. The lowest BCUT2D eigenvalue weighted by Gasteiger charge is -2.29. The molecule has 0 aliphatic carbocycles. The Morgan fingerprint density at radius 3 is 1.60 bits per heavy atom. The zero-order chi connectivity index (χ0) is 20.7. The largest absolute Gasteiger partial charge is 0.497 e.